The zero-order valence-electron chi connectivity index (χ0n) is 19.7. The van der Waals surface area contributed by atoms with Crippen molar-refractivity contribution in [3.8, 4) is 18.1 Å². The molecule has 1 aromatic heterocycles. The maximum Gasteiger partial charge on any atom is 0.328 e. The van der Waals surface area contributed by atoms with E-state index in [1.165, 1.54) is 4.90 Å². The lowest BCUT2D eigenvalue weighted by Crippen LogP contribution is -2.53. The Kier molecular flexibility index (Phi) is 5.74. The SMILES string of the molecule is C#CCN(C)CCCN1C(=O)N2C(c3cccc(O)c3)c3[nH]c4ccc(Cl)cc4c3C[C@@]2(C)C1=O. The Morgan fingerprint density at radius 3 is 2.83 bits per heavy atom. The van der Waals surface area contributed by atoms with Gasteiger partial charge in [-0.2, -0.15) is 0 Å². The second-order valence-electron chi connectivity index (χ2n) is 9.56. The number of fused-ring (bicyclic) bond motifs is 4. The van der Waals surface area contributed by atoms with Crippen molar-refractivity contribution in [2.45, 2.75) is 31.3 Å². The van der Waals surface area contributed by atoms with E-state index in [2.05, 4.69) is 10.9 Å². The van der Waals surface area contributed by atoms with E-state index in [-0.39, 0.29) is 17.7 Å². The van der Waals surface area contributed by atoms with Crippen LogP contribution in [0.15, 0.2) is 42.5 Å². The van der Waals surface area contributed by atoms with Gasteiger partial charge in [0.25, 0.3) is 5.91 Å². The molecular formula is C27H27ClN4O3. The second kappa shape index (κ2) is 8.63. The van der Waals surface area contributed by atoms with Crippen molar-refractivity contribution in [2.75, 3.05) is 26.7 Å². The number of phenols is 1. The summed E-state index contributed by atoms with van der Waals surface area (Å²) in [5.74, 6) is 2.49. The van der Waals surface area contributed by atoms with Gasteiger partial charge in [-0.05, 0) is 61.9 Å². The molecule has 3 heterocycles. The van der Waals surface area contributed by atoms with Gasteiger partial charge < -0.3 is 10.1 Å². The monoisotopic (exact) mass is 490 g/mol. The van der Waals surface area contributed by atoms with Gasteiger partial charge in [0.05, 0.1) is 6.54 Å². The number of nitrogens with zero attached hydrogens (tertiary/aromatic N) is 3. The number of urea groups is 1. The molecule has 2 aromatic carbocycles. The number of imide groups is 1. The van der Waals surface area contributed by atoms with Crippen LogP contribution in [-0.2, 0) is 11.2 Å². The third-order valence-corrected chi connectivity index (χ3v) is 7.33. The number of aromatic hydroxyl groups is 1. The second-order valence-corrected chi connectivity index (χ2v) is 10.00. The van der Waals surface area contributed by atoms with Crippen LogP contribution >= 0.6 is 11.6 Å². The van der Waals surface area contributed by atoms with Crippen molar-refractivity contribution < 1.29 is 14.7 Å². The van der Waals surface area contributed by atoms with Crippen molar-refractivity contribution in [3.63, 3.8) is 0 Å². The minimum absolute atomic E-state index is 0.0989. The van der Waals surface area contributed by atoms with Crippen molar-refractivity contribution in [1.82, 2.24) is 19.7 Å². The van der Waals surface area contributed by atoms with Crippen LogP contribution in [0.3, 0.4) is 0 Å². The van der Waals surface area contributed by atoms with E-state index in [1.807, 2.05) is 43.1 Å². The number of phenolic OH excluding ortho intramolecular Hbond substituents is 1. The number of aromatic nitrogens is 1. The fourth-order valence-corrected chi connectivity index (χ4v) is 5.63. The van der Waals surface area contributed by atoms with E-state index in [9.17, 15) is 14.7 Å². The van der Waals surface area contributed by atoms with E-state index < -0.39 is 11.6 Å². The smallest absolute Gasteiger partial charge is 0.328 e. The molecule has 3 aromatic rings. The molecule has 180 valence electrons. The van der Waals surface area contributed by atoms with Crippen LogP contribution in [0.5, 0.6) is 5.75 Å². The molecule has 8 heteroatoms. The topological polar surface area (TPSA) is 79.9 Å². The number of halogens is 1. The van der Waals surface area contributed by atoms with Gasteiger partial charge in [-0.1, -0.05) is 29.7 Å². The Morgan fingerprint density at radius 1 is 1.29 bits per heavy atom. The van der Waals surface area contributed by atoms with E-state index in [4.69, 9.17) is 18.0 Å². The predicted molar refractivity (Wildman–Crippen MR) is 135 cm³/mol. The summed E-state index contributed by atoms with van der Waals surface area (Å²) in [4.78, 5) is 36.1. The number of aromatic amines is 1. The fraction of sp³-hybridized carbons (Fsp3) is 0.333. The zero-order chi connectivity index (χ0) is 24.9. The highest BCUT2D eigenvalue weighted by atomic mass is 35.5. The molecule has 3 amide bonds. The summed E-state index contributed by atoms with van der Waals surface area (Å²) in [5.41, 5.74) is 2.35. The first-order valence-electron chi connectivity index (χ1n) is 11.6. The largest absolute Gasteiger partial charge is 0.508 e. The van der Waals surface area contributed by atoms with E-state index in [1.54, 1.807) is 23.1 Å². The van der Waals surface area contributed by atoms with Crippen LogP contribution in [0.1, 0.15) is 36.2 Å². The van der Waals surface area contributed by atoms with Gasteiger partial charge in [-0.15, -0.1) is 6.42 Å². The fourth-order valence-electron chi connectivity index (χ4n) is 5.46. The molecule has 35 heavy (non-hydrogen) atoms. The van der Waals surface area contributed by atoms with Crippen LogP contribution in [0.25, 0.3) is 10.9 Å². The number of carbonyl (C=O) groups is 2. The van der Waals surface area contributed by atoms with Crippen LogP contribution in [0, 0.1) is 12.3 Å². The number of carbonyl (C=O) groups excluding carboxylic acids is 2. The van der Waals surface area contributed by atoms with Gasteiger partial charge in [0.1, 0.15) is 17.3 Å². The maximum absolute atomic E-state index is 13.8. The lowest BCUT2D eigenvalue weighted by atomic mass is 9.81. The highest BCUT2D eigenvalue weighted by Gasteiger charge is 2.60. The van der Waals surface area contributed by atoms with Crippen LogP contribution in [0.4, 0.5) is 4.79 Å². The van der Waals surface area contributed by atoms with Crippen molar-refractivity contribution >= 4 is 34.4 Å². The lowest BCUT2D eigenvalue weighted by Gasteiger charge is -2.42. The molecule has 5 rings (SSSR count). The normalized spacial score (nSPS) is 21.5. The highest BCUT2D eigenvalue weighted by Crippen LogP contribution is 2.49. The Balaban J connectivity index is 1.59. The summed E-state index contributed by atoms with van der Waals surface area (Å²) >= 11 is 6.32. The first-order valence-corrected chi connectivity index (χ1v) is 12.0. The summed E-state index contributed by atoms with van der Waals surface area (Å²) < 4.78 is 0. The number of terminal acetylenes is 1. The van der Waals surface area contributed by atoms with Gasteiger partial charge in [0, 0.05) is 41.1 Å². The minimum atomic E-state index is -1.07. The zero-order valence-corrected chi connectivity index (χ0v) is 20.5. The molecule has 0 spiro atoms. The van der Waals surface area contributed by atoms with Crippen LogP contribution in [0.2, 0.25) is 5.02 Å². The molecule has 0 aliphatic carbocycles. The molecule has 2 N–H and O–H groups in total. The van der Waals surface area contributed by atoms with Gasteiger partial charge in [-0.25, -0.2) is 4.79 Å². The molecule has 2 atom stereocenters. The van der Waals surface area contributed by atoms with E-state index >= 15 is 0 Å². The quantitative estimate of drug-likeness (QED) is 0.402. The Bertz CT molecular complexity index is 1380. The van der Waals surface area contributed by atoms with E-state index in [0.717, 1.165) is 27.7 Å². The molecular weight excluding hydrogens is 464 g/mol. The molecule has 7 nitrogen and oxygen atoms in total. The molecule has 1 fully saturated rings. The van der Waals surface area contributed by atoms with Gasteiger partial charge in [-0.3, -0.25) is 19.5 Å². The van der Waals surface area contributed by atoms with Crippen molar-refractivity contribution in [2.24, 2.45) is 0 Å². The Hall–Kier alpha value is -3.47. The number of nitrogens with one attached hydrogen (secondary N) is 1. The third-order valence-electron chi connectivity index (χ3n) is 7.10. The highest BCUT2D eigenvalue weighted by molar-refractivity contribution is 6.31. The summed E-state index contributed by atoms with van der Waals surface area (Å²) in [6.07, 6.45) is 6.38. The number of hydrogen-bond donors (Lipinski definition) is 2. The van der Waals surface area contributed by atoms with Crippen LogP contribution in [-0.4, -0.2) is 68.9 Å². The summed E-state index contributed by atoms with van der Waals surface area (Å²) in [7, 11) is 1.92. The number of benzene rings is 2. The van der Waals surface area contributed by atoms with Crippen LogP contribution < -0.4 is 0 Å². The summed E-state index contributed by atoms with van der Waals surface area (Å²) in [6, 6.07) is 11.6. The number of amides is 3. The number of rotatable bonds is 6. The summed E-state index contributed by atoms with van der Waals surface area (Å²) in [6.45, 7) is 3.33. The first kappa shape index (κ1) is 23.3. The average molecular weight is 491 g/mol. The third kappa shape index (κ3) is 3.74. The molecule has 0 radical (unpaired) electrons. The first-order chi connectivity index (χ1) is 16.7. The number of hydrogen-bond acceptors (Lipinski definition) is 4. The molecule has 2 aliphatic heterocycles. The number of H-pyrrole nitrogens is 1. The van der Waals surface area contributed by atoms with Crippen molar-refractivity contribution in [3.05, 3.63) is 64.3 Å². The Labute approximate surface area is 209 Å². The molecule has 1 saturated heterocycles. The van der Waals surface area contributed by atoms with Crippen molar-refractivity contribution in [1.29, 1.82) is 0 Å². The van der Waals surface area contributed by atoms with Gasteiger partial charge in [0.15, 0.2) is 0 Å². The van der Waals surface area contributed by atoms with Gasteiger partial charge in [0.2, 0.25) is 0 Å². The molecule has 2 aliphatic rings. The summed E-state index contributed by atoms with van der Waals surface area (Å²) in [5, 5.41) is 11.8. The van der Waals surface area contributed by atoms with Gasteiger partial charge >= 0.3 is 6.03 Å². The maximum atomic E-state index is 13.8. The Morgan fingerprint density at radius 2 is 2.09 bits per heavy atom. The predicted octanol–water partition coefficient (Wildman–Crippen LogP) is 4.15. The molecule has 0 saturated carbocycles. The van der Waals surface area contributed by atoms with E-state index in [0.29, 0.717) is 37.5 Å². The molecule has 0 bridgehead atoms. The standard InChI is InChI=1S/C27H27ClN4O3/c1-4-11-30(3)12-6-13-31-25(34)27(2)16-21-20-15-18(28)9-10-22(20)29-23(21)24(32(27)26(31)35)17-7-5-8-19(33)14-17/h1,5,7-10,14-15,24,29,33H,6,11-13,16H2,2-3H3/t24?,27-/m0/s1. The average Bonchev–Trinajstić information content (AvgIpc) is 3.25. The lowest BCUT2D eigenvalue weighted by molar-refractivity contribution is -0.133. The molecule has 1 unspecified atom stereocenters. The minimum Gasteiger partial charge on any atom is -0.508 e.